The molecule has 1 amide bonds. The molecule has 6 heteroatoms. The molecule has 1 unspecified atom stereocenters. The van der Waals surface area contributed by atoms with Gasteiger partial charge in [0.15, 0.2) is 0 Å². The molecule has 0 spiro atoms. The Morgan fingerprint density at radius 3 is 2.64 bits per heavy atom. The molecule has 1 aromatic carbocycles. The Morgan fingerprint density at radius 2 is 1.95 bits per heavy atom. The Morgan fingerprint density at radius 1 is 1.27 bits per heavy atom. The van der Waals surface area contributed by atoms with Gasteiger partial charge in [0.2, 0.25) is 5.91 Å². The molecule has 1 fully saturated rings. The van der Waals surface area contributed by atoms with Gasteiger partial charge in [-0.2, -0.15) is 0 Å². The van der Waals surface area contributed by atoms with Gasteiger partial charge in [-0.3, -0.25) is 4.79 Å². The topological polar surface area (TPSA) is 44.4 Å². The number of likely N-dealkylation sites (N-methyl/N-ethyl adjacent to an activating group) is 1. The van der Waals surface area contributed by atoms with Gasteiger partial charge in [-0.1, -0.05) is 24.3 Å². The van der Waals surface area contributed by atoms with Gasteiger partial charge in [-0.15, -0.1) is 24.8 Å². The second kappa shape index (κ2) is 8.73. The minimum Gasteiger partial charge on any atom is -0.353 e. The number of carbonyl (C=O) groups is 1. The van der Waals surface area contributed by atoms with Gasteiger partial charge in [0.25, 0.3) is 0 Å². The number of benzene rings is 1. The minimum absolute atomic E-state index is 0. The van der Waals surface area contributed by atoms with E-state index < -0.39 is 0 Å². The summed E-state index contributed by atoms with van der Waals surface area (Å²) in [5.41, 5.74) is 2.60. The normalized spacial score (nSPS) is 19.6. The fourth-order valence-electron chi connectivity index (χ4n) is 2.82. The van der Waals surface area contributed by atoms with Crippen molar-refractivity contribution in [1.29, 1.82) is 0 Å². The van der Waals surface area contributed by atoms with E-state index >= 15 is 0 Å². The number of hydrogen-bond acceptors (Lipinski definition) is 3. The summed E-state index contributed by atoms with van der Waals surface area (Å²) in [7, 11) is 2.14. The second-order valence-corrected chi connectivity index (χ2v) is 5.91. The van der Waals surface area contributed by atoms with E-state index in [0.29, 0.717) is 0 Å². The molecular weight excluding hydrogens is 321 g/mol. The number of halogens is 2. The summed E-state index contributed by atoms with van der Waals surface area (Å²) >= 11 is 0. The van der Waals surface area contributed by atoms with Crippen LogP contribution in [0.1, 0.15) is 24.0 Å². The number of rotatable bonds is 5. The van der Waals surface area contributed by atoms with E-state index in [4.69, 9.17) is 0 Å². The third-order valence-corrected chi connectivity index (χ3v) is 4.33. The van der Waals surface area contributed by atoms with Crippen LogP contribution in [0.3, 0.4) is 0 Å². The van der Waals surface area contributed by atoms with Crippen molar-refractivity contribution in [1.82, 2.24) is 15.5 Å². The lowest BCUT2D eigenvalue weighted by Gasteiger charge is -2.25. The molecule has 0 bridgehead atoms. The van der Waals surface area contributed by atoms with E-state index in [1.165, 1.54) is 24.0 Å². The van der Waals surface area contributed by atoms with Crippen LogP contribution in [0.15, 0.2) is 24.3 Å². The van der Waals surface area contributed by atoms with Crippen LogP contribution in [-0.2, 0) is 17.8 Å². The molecule has 22 heavy (non-hydrogen) atoms. The zero-order chi connectivity index (χ0) is 13.9. The van der Waals surface area contributed by atoms with Gasteiger partial charge in [-0.05, 0) is 37.4 Å². The predicted octanol–water partition coefficient (Wildman–Crippen LogP) is 1.75. The summed E-state index contributed by atoms with van der Waals surface area (Å²) < 4.78 is 0. The molecule has 4 nitrogen and oxygen atoms in total. The molecule has 1 aromatic rings. The number of fused-ring (bicyclic) bond motifs is 1. The maximum Gasteiger partial charge on any atom is 0.237 e. The summed E-state index contributed by atoms with van der Waals surface area (Å²) in [5, 5.41) is 6.38. The van der Waals surface area contributed by atoms with Gasteiger partial charge >= 0.3 is 0 Å². The molecule has 2 N–H and O–H groups in total. The van der Waals surface area contributed by atoms with Crippen LogP contribution in [0.4, 0.5) is 0 Å². The first-order valence-electron chi connectivity index (χ1n) is 7.52. The lowest BCUT2D eigenvalue weighted by atomic mass is 9.95. The quantitative estimate of drug-likeness (QED) is 0.854. The zero-order valence-electron chi connectivity index (χ0n) is 12.9. The third-order valence-electron chi connectivity index (χ3n) is 4.33. The van der Waals surface area contributed by atoms with Crippen molar-refractivity contribution in [3.63, 3.8) is 0 Å². The largest absolute Gasteiger partial charge is 0.353 e. The molecule has 124 valence electrons. The Kier molecular flexibility index (Phi) is 7.63. The van der Waals surface area contributed by atoms with Crippen molar-refractivity contribution >= 4 is 30.7 Å². The molecule has 1 aliphatic carbocycles. The average Bonchev–Trinajstić information content (AvgIpc) is 3.31. The van der Waals surface area contributed by atoms with E-state index in [9.17, 15) is 4.79 Å². The van der Waals surface area contributed by atoms with Gasteiger partial charge in [0, 0.05) is 25.7 Å². The van der Waals surface area contributed by atoms with E-state index in [0.717, 1.165) is 32.1 Å². The van der Waals surface area contributed by atoms with E-state index in [1.807, 2.05) is 6.07 Å². The Labute approximate surface area is 144 Å². The van der Waals surface area contributed by atoms with E-state index in [2.05, 4.69) is 40.8 Å². The summed E-state index contributed by atoms with van der Waals surface area (Å²) in [6.07, 6.45) is 3.41. The van der Waals surface area contributed by atoms with Crippen LogP contribution in [0, 0.1) is 0 Å². The number of nitrogens with zero attached hydrogens (tertiary/aromatic N) is 1. The molecule has 3 rings (SSSR count). The first-order chi connectivity index (χ1) is 9.74. The van der Waals surface area contributed by atoms with Crippen LogP contribution in [0.2, 0.25) is 0 Å². The number of hydrogen-bond donors (Lipinski definition) is 2. The maximum absolute atomic E-state index is 12.2. The molecule has 1 atom stereocenters. The fraction of sp³-hybridized carbons (Fsp3) is 0.562. The zero-order valence-corrected chi connectivity index (χ0v) is 14.5. The molecule has 1 aliphatic heterocycles. The van der Waals surface area contributed by atoms with Crippen LogP contribution in [0.25, 0.3) is 0 Å². The van der Waals surface area contributed by atoms with Gasteiger partial charge in [0.1, 0.15) is 0 Å². The molecule has 0 aromatic heterocycles. The Hall–Kier alpha value is -0.810. The highest BCUT2D eigenvalue weighted by Crippen LogP contribution is 2.24. The van der Waals surface area contributed by atoms with Gasteiger partial charge < -0.3 is 15.5 Å². The second-order valence-electron chi connectivity index (χ2n) is 5.91. The first kappa shape index (κ1) is 19.2. The molecule has 0 saturated heterocycles. The highest BCUT2D eigenvalue weighted by Gasteiger charge is 2.26. The first-order valence-corrected chi connectivity index (χ1v) is 7.52. The van der Waals surface area contributed by atoms with E-state index in [1.54, 1.807) is 0 Å². The summed E-state index contributed by atoms with van der Waals surface area (Å²) in [6.45, 7) is 2.47. The van der Waals surface area contributed by atoms with Crippen LogP contribution >= 0.6 is 24.8 Å². The van der Waals surface area contributed by atoms with Gasteiger partial charge in [-0.25, -0.2) is 0 Å². The number of amides is 1. The maximum atomic E-state index is 12.2. The van der Waals surface area contributed by atoms with Crippen molar-refractivity contribution in [2.45, 2.75) is 37.9 Å². The van der Waals surface area contributed by atoms with Crippen molar-refractivity contribution in [2.24, 2.45) is 0 Å². The van der Waals surface area contributed by atoms with Crippen molar-refractivity contribution in [3.8, 4) is 0 Å². The minimum atomic E-state index is -0.0869. The highest BCUT2D eigenvalue weighted by atomic mass is 35.5. The van der Waals surface area contributed by atoms with Crippen molar-refractivity contribution in [2.75, 3.05) is 20.1 Å². The molecular formula is C16H25Cl2N3O. The molecule has 1 heterocycles. The lowest BCUT2D eigenvalue weighted by molar-refractivity contribution is -0.123. The molecule has 1 saturated carbocycles. The number of carbonyl (C=O) groups excluding carboxylic acids is 1. The summed E-state index contributed by atoms with van der Waals surface area (Å²) in [4.78, 5) is 14.5. The van der Waals surface area contributed by atoms with Crippen LogP contribution < -0.4 is 10.6 Å². The standard InChI is InChI=1S/C16H23N3O.2ClH/c1-19(14-6-7-14)9-8-17-16(20)15-10-12-4-2-3-5-13(12)11-18-15;;/h2-5,14-15,18H,6-11H2,1H3,(H,17,20);2*1H. The SMILES string of the molecule is CN(CCNC(=O)C1Cc2ccccc2CN1)C1CC1.Cl.Cl. The summed E-state index contributed by atoms with van der Waals surface area (Å²) in [6, 6.07) is 9.01. The Bertz CT molecular complexity index is 494. The van der Waals surface area contributed by atoms with Crippen molar-refractivity contribution in [3.05, 3.63) is 35.4 Å². The predicted molar refractivity (Wildman–Crippen MR) is 93.9 cm³/mol. The monoisotopic (exact) mass is 345 g/mol. The van der Waals surface area contributed by atoms with Gasteiger partial charge in [0.05, 0.1) is 6.04 Å². The average molecular weight is 346 g/mol. The van der Waals surface area contributed by atoms with E-state index in [-0.39, 0.29) is 36.8 Å². The molecule has 0 radical (unpaired) electrons. The van der Waals surface area contributed by atoms with Crippen LogP contribution in [0.5, 0.6) is 0 Å². The Balaban J connectivity index is 0.00000121. The fourth-order valence-corrected chi connectivity index (χ4v) is 2.82. The smallest absolute Gasteiger partial charge is 0.237 e. The third kappa shape index (κ3) is 4.85. The lowest BCUT2D eigenvalue weighted by Crippen LogP contribution is -2.49. The highest BCUT2D eigenvalue weighted by molar-refractivity contribution is 5.85. The molecule has 2 aliphatic rings. The van der Waals surface area contributed by atoms with Crippen molar-refractivity contribution < 1.29 is 4.79 Å². The summed E-state index contributed by atoms with van der Waals surface area (Å²) in [5.74, 6) is 0.128. The van der Waals surface area contributed by atoms with Crippen LogP contribution in [-0.4, -0.2) is 43.0 Å². The number of nitrogens with one attached hydrogen (secondary N) is 2.